The molecule has 0 spiro atoms. The lowest BCUT2D eigenvalue weighted by Gasteiger charge is -2.22. The van der Waals surface area contributed by atoms with Crippen molar-refractivity contribution in [2.24, 2.45) is 0 Å². The van der Waals surface area contributed by atoms with E-state index in [9.17, 15) is 10.2 Å². The van der Waals surface area contributed by atoms with Crippen molar-refractivity contribution >= 4 is 0 Å². The average Bonchev–Trinajstić information content (AvgIpc) is 2.06. The fraction of sp³-hybridized carbons (Fsp3) is 0.538. The Kier molecular flexibility index (Phi) is 2.98. The van der Waals surface area contributed by atoms with Gasteiger partial charge in [-0.05, 0) is 23.5 Å². The topological polar surface area (TPSA) is 40.5 Å². The van der Waals surface area contributed by atoms with E-state index in [0.29, 0.717) is 0 Å². The first-order valence-electron chi connectivity index (χ1n) is 5.30. The molecule has 0 bridgehead atoms. The van der Waals surface area contributed by atoms with Gasteiger partial charge in [-0.3, -0.25) is 0 Å². The molecule has 2 heteroatoms. The predicted octanol–water partition coefficient (Wildman–Crippen LogP) is 3.52. The van der Waals surface area contributed by atoms with Crippen LogP contribution in [0.15, 0.2) is 12.1 Å². The molecule has 0 aliphatic heterocycles. The highest BCUT2D eigenvalue weighted by molar-refractivity contribution is 5.48. The van der Waals surface area contributed by atoms with Crippen molar-refractivity contribution in [1.29, 1.82) is 0 Å². The molecule has 1 aromatic rings. The number of benzene rings is 1. The van der Waals surface area contributed by atoms with Crippen LogP contribution in [0.3, 0.4) is 0 Å². The molecule has 0 aliphatic rings. The Balaban J connectivity index is 3.32. The standard InChI is InChI=1S/C13H20O2/c1-8(2)9-6-12(15)10(7-11(9)14)13(3,4)5/h6-8,14-15H,1-5H3. The van der Waals surface area contributed by atoms with Gasteiger partial charge in [0.05, 0.1) is 0 Å². The van der Waals surface area contributed by atoms with Gasteiger partial charge >= 0.3 is 0 Å². The monoisotopic (exact) mass is 208 g/mol. The molecule has 15 heavy (non-hydrogen) atoms. The molecule has 0 saturated carbocycles. The first-order chi connectivity index (χ1) is 6.73. The molecule has 1 aromatic carbocycles. The minimum Gasteiger partial charge on any atom is -0.508 e. The van der Waals surface area contributed by atoms with Crippen LogP contribution in [0.2, 0.25) is 0 Å². The van der Waals surface area contributed by atoms with Gasteiger partial charge in [0.15, 0.2) is 0 Å². The van der Waals surface area contributed by atoms with E-state index in [2.05, 4.69) is 0 Å². The molecule has 0 amide bonds. The summed E-state index contributed by atoms with van der Waals surface area (Å²) in [7, 11) is 0. The van der Waals surface area contributed by atoms with Crippen molar-refractivity contribution in [3.8, 4) is 11.5 Å². The zero-order chi connectivity index (χ0) is 11.8. The van der Waals surface area contributed by atoms with Crippen LogP contribution < -0.4 is 0 Å². The smallest absolute Gasteiger partial charge is 0.119 e. The summed E-state index contributed by atoms with van der Waals surface area (Å²) in [5.41, 5.74) is 1.42. The molecule has 0 aliphatic carbocycles. The summed E-state index contributed by atoms with van der Waals surface area (Å²) in [6, 6.07) is 3.34. The Morgan fingerprint density at radius 3 is 1.93 bits per heavy atom. The Morgan fingerprint density at radius 1 is 1.00 bits per heavy atom. The Morgan fingerprint density at radius 2 is 1.53 bits per heavy atom. The van der Waals surface area contributed by atoms with Gasteiger partial charge in [-0.1, -0.05) is 34.6 Å². The molecule has 0 aromatic heterocycles. The number of rotatable bonds is 1. The first-order valence-corrected chi connectivity index (χ1v) is 5.30. The molecular formula is C13H20O2. The lowest BCUT2D eigenvalue weighted by molar-refractivity contribution is 0.429. The maximum absolute atomic E-state index is 9.89. The van der Waals surface area contributed by atoms with E-state index < -0.39 is 0 Å². The van der Waals surface area contributed by atoms with Crippen molar-refractivity contribution in [2.75, 3.05) is 0 Å². The van der Waals surface area contributed by atoms with Gasteiger partial charge in [-0.15, -0.1) is 0 Å². The molecule has 0 radical (unpaired) electrons. The highest BCUT2D eigenvalue weighted by Crippen LogP contribution is 2.37. The molecule has 84 valence electrons. The summed E-state index contributed by atoms with van der Waals surface area (Å²) < 4.78 is 0. The van der Waals surface area contributed by atoms with Crippen molar-refractivity contribution in [3.63, 3.8) is 0 Å². The third kappa shape index (κ3) is 2.44. The zero-order valence-corrected chi connectivity index (χ0v) is 10.1. The van der Waals surface area contributed by atoms with Crippen LogP contribution in [0.25, 0.3) is 0 Å². The van der Waals surface area contributed by atoms with E-state index in [0.717, 1.165) is 11.1 Å². The number of phenols is 2. The fourth-order valence-electron chi connectivity index (χ4n) is 1.66. The van der Waals surface area contributed by atoms with Crippen LogP contribution in [-0.2, 0) is 5.41 Å². The largest absolute Gasteiger partial charge is 0.508 e. The maximum Gasteiger partial charge on any atom is 0.119 e. The minimum atomic E-state index is -0.156. The molecular weight excluding hydrogens is 188 g/mol. The van der Waals surface area contributed by atoms with Crippen LogP contribution in [0.4, 0.5) is 0 Å². The van der Waals surface area contributed by atoms with Crippen molar-refractivity contribution in [1.82, 2.24) is 0 Å². The van der Waals surface area contributed by atoms with Gasteiger partial charge in [-0.2, -0.15) is 0 Å². The summed E-state index contributed by atoms with van der Waals surface area (Å²) in [5.74, 6) is 0.752. The lowest BCUT2D eigenvalue weighted by atomic mass is 9.84. The van der Waals surface area contributed by atoms with E-state index in [1.807, 2.05) is 34.6 Å². The molecule has 0 atom stereocenters. The Bertz CT molecular complexity index is 360. The van der Waals surface area contributed by atoms with Gasteiger partial charge in [0.2, 0.25) is 0 Å². The molecule has 2 N–H and O–H groups in total. The Labute approximate surface area is 91.6 Å². The fourth-order valence-corrected chi connectivity index (χ4v) is 1.66. The number of aromatic hydroxyl groups is 2. The number of hydrogen-bond donors (Lipinski definition) is 2. The quantitative estimate of drug-likeness (QED) is 0.693. The zero-order valence-electron chi connectivity index (χ0n) is 10.1. The molecule has 0 saturated heterocycles. The molecule has 2 nitrogen and oxygen atoms in total. The summed E-state index contributed by atoms with van der Waals surface area (Å²) in [4.78, 5) is 0. The van der Waals surface area contributed by atoms with Crippen LogP contribution in [-0.4, -0.2) is 10.2 Å². The van der Waals surface area contributed by atoms with Crippen molar-refractivity contribution in [2.45, 2.75) is 46.0 Å². The van der Waals surface area contributed by atoms with E-state index in [-0.39, 0.29) is 22.8 Å². The van der Waals surface area contributed by atoms with E-state index in [1.54, 1.807) is 12.1 Å². The second-order valence-corrected chi connectivity index (χ2v) is 5.33. The minimum absolute atomic E-state index is 0.156. The van der Waals surface area contributed by atoms with Crippen molar-refractivity contribution in [3.05, 3.63) is 23.3 Å². The normalized spacial score (nSPS) is 12.1. The van der Waals surface area contributed by atoms with Crippen LogP contribution in [0.1, 0.15) is 51.7 Å². The van der Waals surface area contributed by atoms with Gasteiger partial charge in [0.25, 0.3) is 0 Å². The average molecular weight is 208 g/mol. The summed E-state index contributed by atoms with van der Waals surface area (Å²) in [5, 5.41) is 19.7. The van der Waals surface area contributed by atoms with Gasteiger partial charge in [0.1, 0.15) is 11.5 Å². The van der Waals surface area contributed by atoms with Gasteiger partial charge in [-0.25, -0.2) is 0 Å². The van der Waals surface area contributed by atoms with Gasteiger partial charge in [0, 0.05) is 11.1 Å². The molecule has 0 heterocycles. The molecule has 0 fully saturated rings. The maximum atomic E-state index is 9.89. The van der Waals surface area contributed by atoms with Crippen LogP contribution in [0.5, 0.6) is 11.5 Å². The van der Waals surface area contributed by atoms with Crippen molar-refractivity contribution < 1.29 is 10.2 Å². The SMILES string of the molecule is CC(C)c1cc(O)c(C(C)(C)C)cc1O. The van der Waals surface area contributed by atoms with E-state index >= 15 is 0 Å². The third-order valence-electron chi connectivity index (χ3n) is 2.58. The first kappa shape index (κ1) is 11.9. The second-order valence-electron chi connectivity index (χ2n) is 5.33. The summed E-state index contributed by atoms with van der Waals surface area (Å²) in [6.45, 7) is 10.0. The lowest BCUT2D eigenvalue weighted by Crippen LogP contribution is -2.11. The number of hydrogen-bond acceptors (Lipinski definition) is 2. The second kappa shape index (κ2) is 3.76. The highest BCUT2D eigenvalue weighted by Gasteiger charge is 2.20. The highest BCUT2D eigenvalue weighted by atomic mass is 16.3. The summed E-state index contributed by atoms with van der Waals surface area (Å²) in [6.07, 6.45) is 0. The predicted molar refractivity (Wildman–Crippen MR) is 62.6 cm³/mol. The van der Waals surface area contributed by atoms with E-state index in [1.165, 1.54) is 0 Å². The van der Waals surface area contributed by atoms with Crippen LogP contribution >= 0.6 is 0 Å². The van der Waals surface area contributed by atoms with Gasteiger partial charge < -0.3 is 10.2 Å². The molecule has 1 rings (SSSR count). The Hall–Kier alpha value is -1.18. The van der Waals surface area contributed by atoms with Crippen LogP contribution in [0, 0.1) is 0 Å². The third-order valence-corrected chi connectivity index (χ3v) is 2.58. The van der Waals surface area contributed by atoms with E-state index in [4.69, 9.17) is 0 Å². The number of phenolic OH excluding ortho intramolecular Hbond substituents is 2. The molecule has 0 unspecified atom stereocenters. The summed E-state index contributed by atoms with van der Waals surface area (Å²) >= 11 is 0.